The Morgan fingerprint density at radius 3 is 1.46 bits per heavy atom. The van der Waals surface area contributed by atoms with Crippen molar-refractivity contribution < 1.29 is 9.59 Å². The largest absolute Gasteiger partial charge is 0.338 e. The van der Waals surface area contributed by atoms with E-state index in [0.717, 1.165) is 45.2 Å². The number of carbonyl (C=O) groups is 2. The lowest BCUT2D eigenvalue weighted by Crippen LogP contribution is -2.56. The van der Waals surface area contributed by atoms with Crippen molar-refractivity contribution in [3.63, 3.8) is 0 Å². The lowest BCUT2D eigenvalue weighted by atomic mass is 9.54. The third-order valence-electron chi connectivity index (χ3n) is 7.57. The lowest BCUT2D eigenvalue weighted by molar-refractivity contribution is -0.0147. The van der Waals surface area contributed by atoms with Crippen molar-refractivity contribution in [3.8, 4) is 0 Å². The normalized spacial score (nSPS) is 28.1. The van der Waals surface area contributed by atoms with Gasteiger partial charge in [-0.3, -0.25) is 0 Å². The molecule has 160 valence electrons. The zero-order valence-electron chi connectivity index (χ0n) is 17.8. The highest BCUT2D eigenvalue weighted by Crippen LogP contribution is 2.50. The molecule has 0 saturated heterocycles. The minimum atomic E-state index is -0.0175. The van der Waals surface area contributed by atoms with Gasteiger partial charge in [0.15, 0.2) is 0 Å². The van der Waals surface area contributed by atoms with Crippen molar-refractivity contribution in [3.05, 3.63) is 0 Å². The monoisotopic (exact) mass is 392 g/mol. The zero-order valence-corrected chi connectivity index (χ0v) is 17.8. The van der Waals surface area contributed by atoms with Gasteiger partial charge in [-0.1, -0.05) is 52.4 Å². The second-order valence-electron chi connectivity index (χ2n) is 9.83. The summed E-state index contributed by atoms with van der Waals surface area (Å²) in [5.74, 6) is 0.940. The van der Waals surface area contributed by atoms with Crippen molar-refractivity contribution >= 4 is 12.1 Å². The first kappa shape index (κ1) is 21.3. The van der Waals surface area contributed by atoms with Crippen LogP contribution in [0.5, 0.6) is 0 Å². The number of nitrogens with one attached hydrogen (secondary N) is 4. The molecular weight excluding hydrogens is 352 g/mol. The van der Waals surface area contributed by atoms with E-state index in [9.17, 15) is 9.59 Å². The average molecular weight is 393 g/mol. The molecule has 3 aliphatic rings. The molecule has 3 rings (SSSR count). The second kappa shape index (κ2) is 9.84. The van der Waals surface area contributed by atoms with Gasteiger partial charge in [-0.05, 0) is 49.4 Å². The molecule has 28 heavy (non-hydrogen) atoms. The molecule has 3 fully saturated rings. The third kappa shape index (κ3) is 5.77. The Morgan fingerprint density at radius 2 is 1.11 bits per heavy atom. The van der Waals surface area contributed by atoms with Gasteiger partial charge in [0, 0.05) is 25.2 Å². The minimum absolute atomic E-state index is 0.0175. The van der Waals surface area contributed by atoms with E-state index in [1.165, 1.54) is 38.5 Å². The molecule has 3 aliphatic carbocycles. The molecule has 6 nitrogen and oxygen atoms in total. The predicted octanol–water partition coefficient (Wildman–Crippen LogP) is 3.91. The van der Waals surface area contributed by atoms with Crippen LogP contribution in [-0.2, 0) is 0 Å². The summed E-state index contributed by atoms with van der Waals surface area (Å²) in [7, 11) is 0. The van der Waals surface area contributed by atoms with Crippen LogP contribution in [0, 0.1) is 17.3 Å². The molecule has 0 heterocycles. The summed E-state index contributed by atoms with van der Waals surface area (Å²) in [6.07, 6.45) is 13.0. The maximum atomic E-state index is 12.2. The van der Waals surface area contributed by atoms with Gasteiger partial charge >= 0.3 is 12.1 Å². The molecule has 0 aromatic carbocycles. The van der Waals surface area contributed by atoms with Crippen molar-refractivity contribution in [1.29, 1.82) is 0 Å². The van der Waals surface area contributed by atoms with Crippen LogP contribution in [-0.4, -0.2) is 37.2 Å². The summed E-state index contributed by atoms with van der Waals surface area (Å²) >= 11 is 0. The summed E-state index contributed by atoms with van der Waals surface area (Å²) in [5.41, 5.74) is 0.135. The number of urea groups is 2. The van der Waals surface area contributed by atoms with E-state index < -0.39 is 0 Å². The standard InChI is InChI=1S/C22H40N4O2/c1-22(2)16(14-23-20(27)25-18-9-5-3-6-10-18)13-17(22)15-24-21(28)26-19-11-7-4-8-12-19/h16-19H,3-15H2,1-2H3,(H2,23,25,27)(H2,24,26,28). The summed E-state index contributed by atoms with van der Waals surface area (Å²) in [4.78, 5) is 24.3. The Morgan fingerprint density at radius 1 is 0.714 bits per heavy atom. The Balaban J connectivity index is 1.31. The molecule has 6 heteroatoms. The molecule has 2 atom stereocenters. The molecule has 4 amide bonds. The fourth-order valence-corrected chi connectivity index (χ4v) is 5.22. The van der Waals surface area contributed by atoms with Crippen LogP contribution in [0.2, 0.25) is 0 Å². The molecule has 0 aromatic heterocycles. The van der Waals surface area contributed by atoms with Gasteiger partial charge in [0.05, 0.1) is 0 Å². The highest BCUT2D eigenvalue weighted by molar-refractivity contribution is 5.74. The smallest absolute Gasteiger partial charge is 0.315 e. The van der Waals surface area contributed by atoms with Gasteiger partial charge in [0.2, 0.25) is 0 Å². The van der Waals surface area contributed by atoms with Crippen LogP contribution >= 0.6 is 0 Å². The molecule has 0 radical (unpaired) electrons. The first-order valence-electron chi connectivity index (χ1n) is 11.5. The van der Waals surface area contributed by atoms with Crippen molar-refractivity contribution in [1.82, 2.24) is 21.3 Å². The fourth-order valence-electron chi connectivity index (χ4n) is 5.22. The average Bonchev–Trinajstić information content (AvgIpc) is 2.68. The molecule has 3 saturated carbocycles. The van der Waals surface area contributed by atoms with Gasteiger partial charge in [0.25, 0.3) is 0 Å². The Hall–Kier alpha value is -1.46. The van der Waals surface area contributed by atoms with Crippen LogP contribution < -0.4 is 21.3 Å². The van der Waals surface area contributed by atoms with Crippen LogP contribution in [0.3, 0.4) is 0 Å². The zero-order chi connectivity index (χ0) is 20.0. The SMILES string of the molecule is CC1(C)C(CNC(=O)NC2CCCCC2)CC1CNC(=O)NC1CCCCC1. The Labute approximate surface area is 170 Å². The molecule has 0 spiro atoms. The molecule has 0 aliphatic heterocycles. The van der Waals surface area contributed by atoms with Crippen molar-refractivity contribution in [2.75, 3.05) is 13.1 Å². The summed E-state index contributed by atoms with van der Waals surface area (Å²) in [6.45, 7) is 5.95. The Bertz CT molecular complexity index is 481. The number of amides is 4. The van der Waals surface area contributed by atoms with E-state index >= 15 is 0 Å². The fraction of sp³-hybridized carbons (Fsp3) is 0.909. The highest BCUT2D eigenvalue weighted by atomic mass is 16.2. The highest BCUT2D eigenvalue weighted by Gasteiger charge is 2.47. The van der Waals surface area contributed by atoms with Gasteiger partial charge in [0.1, 0.15) is 0 Å². The van der Waals surface area contributed by atoms with Crippen LogP contribution in [0.25, 0.3) is 0 Å². The van der Waals surface area contributed by atoms with Crippen LogP contribution in [0.15, 0.2) is 0 Å². The molecular formula is C22H40N4O2. The summed E-state index contributed by atoms with van der Waals surface area (Å²) in [6, 6.07) is 0.665. The van der Waals surface area contributed by atoms with E-state index in [0.29, 0.717) is 23.9 Å². The predicted molar refractivity (Wildman–Crippen MR) is 112 cm³/mol. The van der Waals surface area contributed by atoms with E-state index in [1.54, 1.807) is 0 Å². The van der Waals surface area contributed by atoms with E-state index in [4.69, 9.17) is 0 Å². The van der Waals surface area contributed by atoms with Crippen LogP contribution in [0.1, 0.15) is 84.5 Å². The number of hydrogen-bond acceptors (Lipinski definition) is 2. The minimum Gasteiger partial charge on any atom is -0.338 e. The molecule has 0 bridgehead atoms. The quantitative estimate of drug-likeness (QED) is 0.553. The topological polar surface area (TPSA) is 82.3 Å². The molecule has 4 N–H and O–H groups in total. The van der Waals surface area contributed by atoms with Crippen molar-refractivity contribution in [2.24, 2.45) is 17.3 Å². The third-order valence-corrected chi connectivity index (χ3v) is 7.57. The van der Waals surface area contributed by atoms with Gasteiger partial charge in [-0.15, -0.1) is 0 Å². The van der Waals surface area contributed by atoms with E-state index in [1.807, 2.05) is 0 Å². The summed E-state index contributed by atoms with van der Waals surface area (Å²) < 4.78 is 0. The second-order valence-corrected chi connectivity index (χ2v) is 9.83. The number of rotatable bonds is 6. The van der Waals surface area contributed by atoms with Crippen molar-refractivity contribution in [2.45, 2.75) is 96.6 Å². The van der Waals surface area contributed by atoms with E-state index in [2.05, 4.69) is 35.1 Å². The molecule has 2 unspecified atom stereocenters. The first-order chi connectivity index (χ1) is 13.4. The lowest BCUT2D eigenvalue weighted by Gasteiger charge is -2.52. The molecule has 0 aromatic rings. The maximum Gasteiger partial charge on any atom is 0.315 e. The number of carbonyl (C=O) groups excluding carboxylic acids is 2. The number of hydrogen-bond donors (Lipinski definition) is 4. The maximum absolute atomic E-state index is 12.2. The van der Waals surface area contributed by atoms with Gasteiger partial charge in [-0.25, -0.2) is 9.59 Å². The summed E-state index contributed by atoms with van der Waals surface area (Å²) in [5, 5.41) is 12.4. The van der Waals surface area contributed by atoms with Gasteiger partial charge in [-0.2, -0.15) is 0 Å². The van der Waals surface area contributed by atoms with Gasteiger partial charge < -0.3 is 21.3 Å². The van der Waals surface area contributed by atoms with E-state index in [-0.39, 0.29) is 17.5 Å². The Kier molecular flexibility index (Phi) is 7.47. The first-order valence-corrected chi connectivity index (χ1v) is 11.5. The van der Waals surface area contributed by atoms with Crippen LogP contribution in [0.4, 0.5) is 9.59 Å².